The normalized spacial score (nSPS) is 13.7. The van der Waals surface area contributed by atoms with Crippen molar-refractivity contribution in [3.05, 3.63) is 106 Å². The van der Waals surface area contributed by atoms with E-state index in [9.17, 15) is 19.2 Å². The highest BCUT2D eigenvalue weighted by Crippen LogP contribution is 2.25. The summed E-state index contributed by atoms with van der Waals surface area (Å²) in [4.78, 5) is 57.1. The fraction of sp³-hybridized carbons (Fsp3) is 0.115. The third-order valence-corrected chi connectivity index (χ3v) is 5.88. The highest BCUT2D eigenvalue weighted by atomic mass is 16.2. The van der Waals surface area contributed by atoms with Crippen molar-refractivity contribution in [1.29, 1.82) is 0 Å². The molecule has 3 heterocycles. The van der Waals surface area contributed by atoms with Crippen LogP contribution in [-0.2, 0) is 4.79 Å². The summed E-state index contributed by atoms with van der Waals surface area (Å²) in [6.45, 7) is 1.49. The highest BCUT2D eigenvalue weighted by Gasteiger charge is 2.38. The quantitative estimate of drug-likeness (QED) is 0.469. The molecule has 0 spiro atoms. The van der Waals surface area contributed by atoms with Gasteiger partial charge in [0, 0.05) is 35.7 Å². The molecule has 168 valence electrons. The molecule has 0 saturated heterocycles. The third kappa shape index (κ3) is 3.75. The van der Waals surface area contributed by atoms with Crippen LogP contribution < -0.4 is 10.9 Å². The number of hydrogen-bond donors (Lipinski definition) is 1. The van der Waals surface area contributed by atoms with E-state index in [2.05, 4.69) is 10.3 Å². The van der Waals surface area contributed by atoms with Crippen molar-refractivity contribution < 1.29 is 14.4 Å². The van der Waals surface area contributed by atoms with Crippen LogP contribution in [0.5, 0.6) is 0 Å². The van der Waals surface area contributed by atoms with Crippen LogP contribution in [0.2, 0.25) is 0 Å². The van der Waals surface area contributed by atoms with E-state index in [1.807, 2.05) is 12.1 Å². The van der Waals surface area contributed by atoms with Crippen LogP contribution in [0, 0.1) is 6.92 Å². The molecule has 3 amide bonds. The molecule has 1 aliphatic heterocycles. The first-order chi connectivity index (χ1) is 16.4. The van der Waals surface area contributed by atoms with Crippen molar-refractivity contribution in [2.75, 3.05) is 11.9 Å². The first-order valence-electron chi connectivity index (χ1n) is 10.7. The first kappa shape index (κ1) is 21.3. The molecule has 1 atom stereocenters. The number of aryl methyl sites for hydroxylation is 1. The summed E-state index contributed by atoms with van der Waals surface area (Å²) < 4.78 is 1.25. The number of rotatable bonds is 5. The number of aromatic nitrogens is 2. The van der Waals surface area contributed by atoms with E-state index in [1.165, 1.54) is 16.8 Å². The van der Waals surface area contributed by atoms with Gasteiger partial charge in [-0.05, 0) is 54.3 Å². The number of fused-ring (bicyclic) bond motifs is 2. The average molecular weight is 452 g/mol. The van der Waals surface area contributed by atoms with Gasteiger partial charge in [0.05, 0.1) is 17.7 Å². The Balaban J connectivity index is 1.49. The second-order valence-electron chi connectivity index (χ2n) is 8.16. The van der Waals surface area contributed by atoms with Gasteiger partial charge in [-0.3, -0.25) is 29.1 Å². The largest absolute Gasteiger partial charge is 0.324 e. The van der Waals surface area contributed by atoms with Crippen LogP contribution in [0.15, 0.2) is 84.0 Å². The van der Waals surface area contributed by atoms with Gasteiger partial charge in [0.25, 0.3) is 17.4 Å². The van der Waals surface area contributed by atoms with Gasteiger partial charge in [-0.15, -0.1) is 0 Å². The first-order valence-corrected chi connectivity index (χ1v) is 10.7. The van der Waals surface area contributed by atoms with E-state index < -0.39 is 29.3 Å². The summed E-state index contributed by atoms with van der Waals surface area (Å²) in [5, 5.41) is 4.63. The second-order valence-corrected chi connectivity index (χ2v) is 8.16. The van der Waals surface area contributed by atoms with Gasteiger partial charge < -0.3 is 9.88 Å². The zero-order chi connectivity index (χ0) is 23.8. The Bertz CT molecular complexity index is 1490. The molecule has 0 bridgehead atoms. The van der Waals surface area contributed by atoms with Crippen LogP contribution in [0.25, 0.3) is 10.8 Å². The Hall–Kier alpha value is -4.59. The lowest BCUT2D eigenvalue weighted by molar-refractivity contribution is -0.119. The molecule has 0 fully saturated rings. The SMILES string of the molecule is Cc1ccn(C(CN2C(=O)c3ccccc3C2=O)C(=O)Nc2ccc3cnccc3c2)c(=O)c1. The molecule has 8 heteroatoms. The van der Waals surface area contributed by atoms with Gasteiger partial charge >= 0.3 is 0 Å². The van der Waals surface area contributed by atoms with Crippen LogP contribution in [0.1, 0.15) is 32.3 Å². The predicted molar refractivity (Wildman–Crippen MR) is 127 cm³/mol. The van der Waals surface area contributed by atoms with E-state index in [1.54, 1.807) is 61.8 Å². The Morgan fingerprint density at radius 3 is 2.38 bits per heavy atom. The second kappa shape index (κ2) is 8.40. The summed E-state index contributed by atoms with van der Waals surface area (Å²) in [5.41, 5.74) is 1.43. The van der Waals surface area contributed by atoms with E-state index in [4.69, 9.17) is 0 Å². The maximum Gasteiger partial charge on any atom is 0.261 e. The van der Waals surface area contributed by atoms with Gasteiger partial charge in [-0.1, -0.05) is 18.2 Å². The summed E-state index contributed by atoms with van der Waals surface area (Å²) in [5.74, 6) is -1.50. The topological polar surface area (TPSA) is 101 Å². The van der Waals surface area contributed by atoms with Gasteiger partial charge in [0.15, 0.2) is 0 Å². The molecule has 0 aliphatic carbocycles. The molecule has 1 N–H and O–H groups in total. The van der Waals surface area contributed by atoms with Crippen molar-refractivity contribution in [2.24, 2.45) is 0 Å². The number of nitrogens with zero attached hydrogens (tertiary/aromatic N) is 3. The van der Waals surface area contributed by atoms with Gasteiger partial charge in [-0.25, -0.2) is 0 Å². The third-order valence-electron chi connectivity index (χ3n) is 5.88. The van der Waals surface area contributed by atoms with E-state index >= 15 is 0 Å². The number of carbonyl (C=O) groups is 3. The van der Waals surface area contributed by atoms with Crippen molar-refractivity contribution in [3.63, 3.8) is 0 Å². The number of carbonyl (C=O) groups excluding carboxylic acids is 3. The molecule has 1 unspecified atom stereocenters. The van der Waals surface area contributed by atoms with Gasteiger partial charge in [0.2, 0.25) is 5.91 Å². The molecular formula is C26H20N4O4. The van der Waals surface area contributed by atoms with E-state index in [0.29, 0.717) is 5.69 Å². The Morgan fingerprint density at radius 1 is 0.941 bits per heavy atom. The maximum atomic E-state index is 13.4. The van der Waals surface area contributed by atoms with Crippen molar-refractivity contribution >= 4 is 34.2 Å². The monoisotopic (exact) mass is 452 g/mol. The number of amides is 3. The molecule has 34 heavy (non-hydrogen) atoms. The van der Waals surface area contributed by atoms with Crippen LogP contribution in [0.3, 0.4) is 0 Å². The van der Waals surface area contributed by atoms with Crippen molar-refractivity contribution in [3.8, 4) is 0 Å². The lowest BCUT2D eigenvalue weighted by Gasteiger charge is -2.24. The summed E-state index contributed by atoms with van der Waals surface area (Å²) in [6.07, 6.45) is 4.88. The summed E-state index contributed by atoms with van der Waals surface area (Å²) in [7, 11) is 0. The van der Waals surface area contributed by atoms with E-state index in [-0.39, 0.29) is 17.7 Å². The zero-order valence-corrected chi connectivity index (χ0v) is 18.3. The number of hydrogen-bond acceptors (Lipinski definition) is 5. The minimum Gasteiger partial charge on any atom is -0.324 e. The summed E-state index contributed by atoms with van der Waals surface area (Å²) in [6, 6.07) is 15.7. The fourth-order valence-electron chi connectivity index (χ4n) is 4.11. The van der Waals surface area contributed by atoms with Crippen LogP contribution in [-0.4, -0.2) is 38.7 Å². The molecular weight excluding hydrogens is 432 g/mol. The van der Waals surface area contributed by atoms with E-state index in [0.717, 1.165) is 21.2 Å². The number of imide groups is 1. The van der Waals surface area contributed by atoms with Crippen LogP contribution in [0.4, 0.5) is 5.69 Å². The number of nitrogens with one attached hydrogen (secondary N) is 1. The Morgan fingerprint density at radius 2 is 1.68 bits per heavy atom. The zero-order valence-electron chi connectivity index (χ0n) is 18.3. The molecule has 1 aliphatic rings. The molecule has 0 radical (unpaired) electrons. The molecule has 5 rings (SSSR count). The summed E-state index contributed by atoms with van der Waals surface area (Å²) >= 11 is 0. The fourth-order valence-corrected chi connectivity index (χ4v) is 4.11. The minimum absolute atomic E-state index is 0.279. The smallest absolute Gasteiger partial charge is 0.261 e. The molecule has 2 aromatic heterocycles. The Kier molecular flexibility index (Phi) is 5.25. The number of pyridine rings is 2. The molecule has 8 nitrogen and oxygen atoms in total. The molecule has 2 aromatic carbocycles. The van der Waals surface area contributed by atoms with Crippen molar-refractivity contribution in [1.82, 2.24) is 14.5 Å². The predicted octanol–water partition coefficient (Wildman–Crippen LogP) is 3.18. The standard InChI is InChI=1S/C26H20N4O4/c1-16-9-11-29(23(31)12-16)22(15-30-25(33)20-4-2-3-5-21(20)26(30)34)24(32)28-19-7-6-18-14-27-10-8-17(18)13-19/h2-14,22H,15H2,1H3,(H,28,32). The van der Waals surface area contributed by atoms with Crippen molar-refractivity contribution in [2.45, 2.75) is 13.0 Å². The lowest BCUT2D eigenvalue weighted by Crippen LogP contribution is -2.43. The molecule has 4 aromatic rings. The minimum atomic E-state index is -1.12. The Labute approximate surface area is 194 Å². The van der Waals surface area contributed by atoms with Gasteiger partial charge in [-0.2, -0.15) is 0 Å². The highest BCUT2D eigenvalue weighted by molar-refractivity contribution is 6.21. The average Bonchev–Trinajstić information content (AvgIpc) is 3.07. The maximum absolute atomic E-state index is 13.4. The van der Waals surface area contributed by atoms with Gasteiger partial charge in [0.1, 0.15) is 6.04 Å². The lowest BCUT2D eigenvalue weighted by atomic mass is 10.1. The number of anilines is 1. The number of benzene rings is 2. The molecule has 0 saturated carbocycles. The van der Waals surface area contributed by atoms with Crippen LogP contribution >= 0.6 is 0 Å².